The average Bonchev–Trinajstić information content (AvgIpc) is 2.30. The quantitative estimate of drug-likeness (QED) is 0.515. The summed E-state index contributed by atoms with van der Waals surface area (Å²) in [7, 11) is 1.68. The van der Waals surface area contributed by atoms with Crippen LogP contribution in [0.4, 0.5) is 0 Å². The van der Waals surface area contributed by atoms with E-state index in [2.05, 4.69) is 24.1 Å². The molecule has 0 saturated carbocycles. The Hall–Kier alpha value is -0.160. The zero-order chi connectivity index (χ0) is 12.2. The second-order valence-electron chi connectivity index (χ2n) is 4.10. The summed E-state index contributed by atoms with van der Waals surface area (Å²) in [6, 6.07) is 0. The van der Waals surface area contributed by atoms with E-state index in [1.165, 1.54) is 12.8 Å². The lowest BCUT2D eigenvalue weighted by Crippen LogP contribution is -2.39. The fraction of sp³-hybridized carbons (Fsp3) is 1.00. The SMILES string of the molecule is CCCCN(CC)CC(O)CNCCOC. The van der Waals surface area contributed by atoms with Crippen LogP contribution in [-0.2, 0) is 4.74 Å². The van der Waals surface area contributed by atoms with Gasteiger partial charge < -0.3 is 20.1 Å². The van der Waals surface area contributed by atoms with Gasteiger partial charge in [0.15, 0.2) is 0 Å². The maximum atomic E-state index is 9.80. The van der Waals surface area contributed by atoms with Crippen molar-refractivity contribution in [1.29, 1.82) is 0 Å². The summed E-state index contributed by atoms with van der Waals surface area (Å²) in [4.78, 5) is 2.30. The topological polar surface area (TPSA) is 44.7 Å². The number of rotatable bonds is 11. The van der Waals surface area contributed by atoms with Crippen molar-refractivity contribution in [3.63, 3.8) is 0 Å². The molecule has 0 saturated heterocycles. The molecule has 0 aliphatic heterocycles. The number of nitrogens with zero attached hydrogens (tertiary/aromatic N) is 1. The molecular weight excluding hydrogens is 204 g/mol. The third kappa shape index (κ3) is 9.09. The van der Waals surface area contributed by atoms with Crippen LogP contribution in [0.5, 0.6) is 0 Å². The van der Waals surface area contributed by atoms with Crippen LogP contribution in [0.1, 0.15) is 26.7 Å². The predicted octanol–water partition coefficient (Wildman–Crippen LogP) is 0.705. The summed E-state index contributed by atoms with van der Waals surface area (Å²) in [5.74, 6) is 0. The summed E-state index contributed by atoms with van der Waals surface area (Å²) >= 11 is 0. The maximum Gasteiger partial charge on any atom is 0.0791 e. The highest BCUT2D eigenvalue weighted by Crippen LogP contribution is 1.96. The molecule has 1 unspecified atom stereocenters. The number of aliphatic hydroxyl groups excluding tert-OH is 1. The molecule has 0 amide bonds. The van der Waals surface area contributed by atoms with Gasteiger partial charge in [-0.25, -0.2) is 0 Å². The third-order valence-corrected chi connectivity index (χ3v) is 2.61. The maximum absolute atomic E-state index is 9.80. The van der Waals surface area contributed by atoms with Crippen LogP contribution in [0.2, 0.25) is 0 Å². The van der Waals surface area contributed by atoms with Gasteiger partial charge in [-0.05, 0) is 19.5 Å². The van der Waals surface area contributed by atoms with Gasteiger partial charge in [-0.15, -0.1) is 0 Å². The van der Waals surface area contributed by atoms with Gasteiger partial charge in [0.1, 0.15) is 0 Å². The molecule has 0 aromatic heterocycles. The lowest BCUT2D eigenvalue weighted by atomic mass is 10.2. The Morgan fingerprint density at radius 2 is 2.12 bits per heavy atom. The van der Waals surface area contributed by atoms with Crippen molar-refractivity contribution in [2.75, 3.05) is 46.4 Å². The minimum atomic E-state index is -0.284. The van der Waals surface area contributed by atoms with Gasteiger partial charge in [0.2, 0.25) is 0 Å². The molecule has 2 N–H and O–H groups in total. The smallest absolute Gasteiger partial charge is 0.0791 e. The third-order valence-electron chi connectivity index (χ3n) is 2.61. The number of nitrogens with one attached hydrogen (secondary N) is 1. The van der Waals surface area contributed by atoms with Crippen molar-refractivity contribution in [3.05, 3.63) is 0 Å². The van der Waals surface area contributed by atoms with Gasteiger partial charge in [-0.2, -0.15) is 0 Å². The molecule has 0 aromatic rings. The Bertz CT molecular complexity index is 145. The average molecular weight is 232 g/mol. The number of aliphatic hydroxyl groups is 1. The molecule has 1 atom stereocenters. The molecule has 16 heavy (non-hydrogen) atoms. The highest BCUT2D eigenvalue weighted by Gasteiger charge is 2.09. The molecule has 0 heterocycles. The van der Waals surface area contributed by atoms with Crippen LogP contribution in [0.25, 0.3) is 0 Å². The molecule has 4 heteroatoms. The predicted molar refractivity (Wildman–Crippen MR) is 67.8 cm³/mol. The molecule has 0 aromatic carbocycles. The number of ether oxygens (including phenoxy) is 1. The van der Waals surface area contributed by atoms with Gasteiger partial charge in [0, 0.05) is 26.7 Å². The van der Waals surface area contributed by atoms with E-state index in [0.717, 1.165) is 26.2 Å². The second-order valence-corrected chi connectivity index (χ2v) is 4.10. The van der Waals surface area contributed by atoms with Gasteiger partial charge in [0.25, 0.3) is 0 Å². The number of unbranched alkanes of at least 4 members (excludes halogenated alkanes) is 1. The van der Waals surface area contributed by atoms with Crippen molar-refractivity contribution in [2.24, 2.45) is 0 Å². The summed E-state index contributed by atoms with van der Waals surface area (Å²) in [6.45, 7) is 9.33. The van der Waals surface area contributed by atoms with Crippen molar-refractivity contribution in [3.8, 4) is 0 Å². The number of likely N-dealkylation sites (N-methyl/N-ethyl adjacent to an activating group) is 1. The molecule has 98 valence electrons. The number of hydrogen-bond donors (Lipinski definition) is 2. The largest absolute Gasteiger partial charge is 0.390 e. The van der Waals surface area contributed by atoms with Crippen molar-refractivity contribution < 1.29 is 9.84 Å². The lowest BCUT2D eigenvalue weighted by Gasteiger charge is -2.23. The molecule has 0 fully saturated rings. The van der Waals surface area contributed by atoms with Gasteiger partial charge in [0.05, 0.1) is 12.7 Å². The van der Waals surface area contributed by atoms with Gasteiger partial charge in [-0.1, -0.05) is 20.3 Å². The molecule has 0 bridgehead atoms. The molecule has 0 radical (unpaired) electrons. The van der Waals surface area contributed by atoms with E-state index < -0.39 is 0 Å². The van der Waals surface area contributed by atoms with Gasteiger partial charge in [-0.3, -0.25) is 0 Å². The number of methoxy groups -OCH3 is 1. The molecular formula is C12H28N2O2. The Kier molecular flexibility index (Phi) is 11.2. The van der Waals surface area contributed by atoms with Crippen LogP contribution in [0.3, 0.4) is 0 Å². The van der Waals surface area contributed by atoms with E-state index in [1.54, 1.807) is 7.11 Å². The van der Waals surface area contributed by atoms with Crippen LogP contribution in [0.15, 0.2) is 0 Å². The Morgan fingerprint density at radius 1 is 1.38 bits per heavy atom. The number of hydrogen-bond acceptors (Lipinski definition) is 4. The monoisotopic (exact) mass is 232 g/mol. The summed E-state index contributed by atoms with van der Waals surface area (Å²) < 4.78 is 4.92. The van der Waals surface area contributed by atoms with Crippen LogP contribution >= 0.6 is 0 Å². The zero-order valence-corrected chi connectivity index (χ0v) is 11.0. The standard InChI is InChI=1S/C12H28N2O2/c1-4-6-8-14(5-2)11-12(15)10-13-7-9-16-3/h12-13,15H,4-11H2,1-3H3. The van der Waals surface area contributed by atoms with E-state index in [1.807, 2.05) is 0 Å². The Balaban J connectivity index is 3.53. The van der Waals surface area contributed by atoms with E-state index in [0.29, 0.717) is 13.2 Å². The van der Waals surface area contributed by atoms with E-state index >= 15 is 0 Å². The minimum absolute atomic E-state index is 0.284. The van der Waals surface area contributed by atoms with Crippen molar-refractivity contribution in [1.82, 2.24) is 10.2 Å². The first-order chi connectivity index (χ1) is 7.74. The van der Waals surface area contributed by atoms with Crippen LogP contribution in [-0.4, -0.2) is 62.6 Å². The molecule has 0 aliphatic carbocycles. The summed E-state index contributed by atoms with van der Waals surface area (Å²) in [5, 5.41) is 13.0. The molecule has 0 rings (SSSR count). The fourth-order valence-corrected chi connectivity index (χ4v) is 1.57. The molecule has 4 nitrogen and oxygen atoms in total. The van der Waals surface area contributed by atoms with Crippen molar-refractivity contribution in [2.45, 2.75) is 32.8 Å². The van der Waals surface area contributed by atoms with Crippen LogP contribution < -0.4 is 5.32 Å². The van der Waals surface area contributed by atoms with Crippen LogP contribution in [0, 0.1) is 0 Å². The zero-order valence-electron chi connectivity index (χ0n) is 11.0. The Labute approximate surface area is 100.0 Å². The van der Waals surface area contributed by atoms with E-state index in [-0.39, 0.29) is 6.10 Å². The molecule has 0 spiro atoms. The van der Waals surface area contributed by atoms with E-state index in [4.69, 9.17) is 4.74 Å². The Morgan fingerprint density at radius 3 is 2.69 bits per heavy atom. The normalized spacial score (nSPS) is 13.3. The minimum Gasteiger partial charge on any atom is -0.390 e. The lowest BCUT2D eigenvalue weighted by molar-refractivity contribution is 0.110. The summed E-state index contributed by atoms with van der Waals surface area (Å²) in [6.07, 6.45) is 2.13. The summed E-state index contributed by atoms with van der Waals surface area (Å²) in [5.41, 5.74) is 0. The van der Waals surface area contributed by atoms with Gasteiger partial charge >= 0.3 is 0 Å². The highest BCUT2D eigenvalue weighted by molar-refractivity contribution is 4.66. The van der Waals surface area contributed by atoms with Crippen molar-refractivity contribution >= 4 is 0 Å². The first kappa shape index (κ1) is 15.8. The highest BCUT2D eigenvalue weighted by atomic mass is 16.5. The first-order valence-electron chi connectivity index (χ1n) is 6.34. The first-order valence-corrected chi connectivity index (χ1v) is 6.34. The second kappa shape index (κ2) is 11.3. The van der Waals surface area contributed by atoms with E-state index in [9.17, 15) is 5.11 Å². The molecule has 0 aliphatic rings. The fourth-order valence-electron chi connectivity index (χ4n) is 1.57.